The van der Waals surface area contributed by atoms with E-state index in [4.69, 9.17) is 5.26 Å². The van der Waals surface area contributed by atoms with Gasteiger partial charge in [-0.3, -0.25) is 0 Å². The predicted octanol–water partition coefficient (Wildman–Crippen LogP) is 6.22. The fourth-order valence-electron chi connectivity index (χ4n) is 3.94. The molecule has 0 heterocycles. The first-order chi connectivity index (χ1) is 14.0. The van der Waals surface area contributed by atoms with E-state index < -0.39 is 18.3 Å². The highest BCUT2D eigenvalue weighted by Crippen LogP contribution is 2.37. The van der Waals surface area contributed by atoms with E-state index in [1.807, 2.05) is 30.3 Å². The van der Waals surface area contributed by atoms with Crippen LogP contribution in [0.2, 0.25) is 0 Å². The lowest BCUT2D eigenvalue weighted by atomic mass is 9.81. The lowest BCUT2D eigenvalue weighted by molar-refractivity contribution is 0.124. The standard InChI is InChI=1S/C23H29F2N.C2H3N/c1-26(17-19-7-3-2-4-8-19)16-6-9-18-12-14-20(15-13-18)23-21(24)10-5-11-22(23)25;1-2-3/h2-4,7-8,12-15,21-23H,5-6,9-11,16-17H2,1H3;1H3. The number of hydrogen-bond donors (Lipinski definition) is 0. The number of halogens is 2. The summed E-state index contributed by atoms with van der Waals surface area (Å²) in [4.78, 5) is 2.33. The summed E-state index contributed by atoms with van der Waals surface area (Å²) in [6.45, 7) is 3.41. The Bertz CT molecular complexity index is 730. The second-order valence-corrected chi connectivity index (χ2v) is 7.78. The molecule has 3 rings (SSSR count). The first-order valence-corrected chi connectivity index (χ1v) is 10.5. The van der Waals surface area contributed by atoms with Crippen molar-refractivity contribution >= 4 is 0 Å². The number of aryl methyl sites for hydroxylation is 1. The lowest BCUT2D eigenvalue weighted by Crippen LogP contribution is -2.28. The van der Waals surface area contributed by atoms with Crippen molar-refractivity contribution in [3.05, 3.63) is 71.3 Å². The fraction of sp³-hybridized carbons (Fsp3) is 0.480. The highest BCUT2D eigenvalue weighted by molar-refractivity contribution is 5.28. The molecule has 1 aliphatic carbocycles. The molecule has 2 aromatic rings. The normalized spacial score (nSPS) is 21.2. The molecule has 2 atom stereocenters. The van der Waals surface area contributed by atoms with Crippen LogP contribution < -0.4 is 0 Å². The van der Waals surface area contributed by atoms with Crippen molar-refractivity contribution in [3.8, 4) is 6.07 Å². The van der Waals surface area contributed by atoms with Crippen LogP contribution in [0.4, 0.5) is 8.78 Å². The van der Waals surface area contributed by atoms with Gasteiger partial charge in [0.15, 0.2) is 0 Å². The Morgan fingerprint density at radius 2 is 1.55 bits per heavy atom. The molecule has 1 fully saturated rings. The zero-order chi connectivity index (χ0) is 21.1. The number of nitrogens with zero attached hydrogens (tertiary/aromatic N) is 2. The van der Waals surface area contributed by atoms with Crippen LogP contribution >= 0.6 is 0 Å². The van der Waals surface area contributed by atoms with Crippen molar-refractivity contribution in [2.75, 3.05) is 13.6 Å². The van der Waals surface area contributed by atoms with E-state index >= 15 is 0 Å². The van der Waals surface area contributed by atoms with Gasteiger partial charge in [0.25, 0.3) is 0 Å². The van der Waals surface area contributed by atoms with Crippen LogP contribution in [0.3, 0.4) is 0 Å². The Kier molecular flexibility index (Phi) is 9.80. The van der Waals surface area contributed by atoms with E-state index in [1.54, 1.807) is 6.07 Å². The summed E-state index contributed by atoms with van der Waals surface area (Å²) >= 11 is 0. The van der Waals surface area contributed by atoms with Crippen molar-refractivity contribution in [3.63, 3.8) is 0 Å². The number of alkyl halides is 2. The topological polar surface area (TPSA) is 27.0 Å². The Balaban J connectivity index is 0.000000941. The van der Waals surface area contributed by atoms with Crippen LogP contribution in [0.1, 0.15) is 55.2 Å². The van der Waals surface area contributed by atoms with E-state index in [0.29, 0.717) is 19.3 Å². The molecule has 0 aromatic heterocycles. The Hall–Kier alpha value is -2.25. The van der Waals surface area contributed by atoms with E-state index in [-0.39, 0.29) is 0 Å². The fourth-order valence-corrected chi connectivity index (χ4v) is 3.94. The number of nitriles is 1. The predicted molar refractivity (Wildman–Crippen MR) is 115 cm³/mol. The molecule has 4 heteroatoms. The van der Waals surface area contributed by atoms with Crippen LogP contribution in [0.5, 0.6) is 0 Å². The van der Waals surface area contributed by atoms with Crippen LogP contribution in [-0.2, 0) is 13.0 Å². The summed E-state index contributed by atoms with van der Waals surface area (Å²) in [6, 6.07) is 20.2. The minimum absolute atomic E-state index is 0.487. The van der Waals surface area contributed by atoms with Crippen molar-refractivity contribution < 1.29 is 8.78 Å². The zero-order valence-electron chi connectivity index (χ0n) is 17.5. The maximum atomic E-state index is 14.1. The van der Waals surface area contributed by atoms with Gasteiger partial charge in [-0.15, -0.1) is 0 Å². The van der Waals surface area contributed by atoms with Crippen molar-refractivity contribution in [1.82, 2.24) is 4.90 Å². The first-order valence-electron chi connectivity index (χ1n) is 10.5. The van der Waals surface area contributed by atoms with Crippen molar-refractivity contribution in [1.29, 1.82) is 5.26 Å². The van der Waals surface area contributed by atoms with Crippen LogP contribution in [-0.4, -0.2) is 30.8 Å². The van der Waals surface area contributed by atoms with E-state index in [0.717, 1.165) is 31.5 Å². The zero-order valence-corrected chi connectivity index (χ0v) is 17.5. The molecule has 0 aliphatic heterocycles. The molecule has 0 amide bonds. The number of rotatable bonds is 7. The highest BCUT2D eigenvalue weighted by Gasteiger charge is 2.34. The number of benzene rings is 2. The third kappa shape index (κ3) is 7.59. The minimum Gasteiger partial charge on any atom is -0.302 e. The molecule has 0 spiro atoms. The summed E-state index contributed by atoms with van der Waals surface area (Å²) in [5.41, 5.74) is 3.38. The Labute approximate surface area is 174 Å². The molecule has 0 saturated heterocycles. The monoisotopic (exact) mass is 398 g/mol. The first kappa shape index (κ1) is 23.0. The molecule has 0 N–H and O–H groups in total. The van der Waals surface area contributed by atoms with Crippen LogP contribution in [0, 0.1) is 11.3 Å². The van der Waals surface area contributed by atoms with E-state index in [1.165, 1.54) is 18.1 Å². The summed E-state index contributed by atoms with van der Waals surface area (Å²) in [7, 11) is 2.14. The third-order valence-corrected chi connectivity index (χ3v) is 5.40. The number of hydrogen-bond acceptors (Lipinski definition) is 2. The molecular formula is C25H32F2N2. The largest absolute Gasteiger partial charge is 0.302 e. The van der Waals surface area contributed by atoms with Crippen LogP contribution in [0.25, 0.3) is 0 Å². The van der Waals surface area contributed by atoms with Gasteiger partial charge < -0.3 is 4.90 Å². The molecule has 2 unspecified atom stereocenters. The summed E-state index contributed by atoms with van der Waals surface area (Å²) < 4.78 is 28.2. The smallest absolute Gasteiger partial charge is 0.110 e. The molecular weight excluding hydrogens is 366 g/mol. The maximum Gasteiger partial charge on any atom is 0.110 e. The molecule has 1 aliphatic rings. The quantitative estimate of drug-likeness (QED) is 0.553. The average Bonchev–Trinajstić information content (AvgIpc) is 2.70. The van der Waals surface area contributed by atoms with Gasteiger partial charge in [0.2, 0.25) is 0 Å². The Morgan fingerprint density at radius 1 is 0.966 bits per heavy atom. The summed E-state index contributed by atoms with van der Waals surface area (Å²) in [5, 5.41) is 7.32. The molecule has 2 aromatic carbocycles. The summed E-state index contributed by atoms with van der Waals surface area (Å²) in [6.07, 6.45) is 1.60. The molecule has 29 heavy (non-hydrogen) atoms. The second-order valence-electron chi connectivity index (χ2n) is 7.78. The average molecular weight is 399 g/mol. The Morgan fingerprint density at radius 3 is 2.14 bits per heavy atom. The van der Waals surface area contributed by atoms with E-state index in [9.17, 15) is 8.78 Å². The van der Waals surface area contributed by atoms with Gasteiger partial charge in [-0.2, -0.15) is 5.26 Å². The van der Waals surface area contributed by atoms with Gasteiger partial charge in [0.05, 0.1) is 6.07 Å². The molecule has 156 valence electrons. The highest BCUT2D eigenvalue weighted by atomic mass is 19.1. The molecule has 1 saturated carbocycles. The molecule has 0 bridgehead atoms. The van der Waals surface area contributed by atoms with Gasteiger partial charge in [-0.25, -0.2) is 8.78 Å². The van der Waals surface area contributed by atoms with Crippen molar-refractivity contribution in [2.24, 2.45) is 0 Å². The van der Waals surface area contributed by atoms with Gasteiger partial charge in [-0.1, -0.05) is 54.6 Å². The molecule has 0 radical (unpaired) electrons. The van der Waals surface area contributed by atoms with Gasteiger partial charge in [-0.05, 0) is 62.4 Å². The summed E-state index contributed by atoms with van der Waals surface area (Å²) in [5.74, 6) is -0.574. The van der Waals surface area contributed by atoms with Gasteiger partial charge in [0, 0.05) is 19.4 Å². The van der Waals surface area contributed by atoms with Crippen LogP contribution in [0.15, 0.2) is 54.6 Å². The van der Waals surface area contributed by atoms with Gasteiger partial charge >= 0.3 is 0 Å². The minimum atomic E-state index is -1.05. The van der Waals surface area contributed by atoms with Crippen molar-refractivity contribution in [2.45, 2.75) is 63.8 Å². The maximum absolute atomic E-state index is 14.1. The van der Waals surface area contributed by atoms with E-state index in [2.05, 4.69) is 36.2 Å². The molecule has 2 nitrogen and oxygen atoms in total. The third-order valence-electron chi connectivity index (χ3n) is 5.40. The SMILES string of the molecule is CC#N.CN(CCCc1ccc(C2C(F)CCCC2F)cc1)Cc1ccccc1. The second kappa shape index (κ2) is 12.3. The lowest BCUT2D eigenvalue weighted by Gasteiger charge is -2.29. The van der Waals surface area contributed by atoms with Gasteiger partial charge in [0.1, 0.15) is 12.3 Å².